The third-order valence-corrected chi connectivity index (χ3v) is 4.67. The highest BCUT2D eigenvalue weighted by molar-refractivity contribution is 5.97. The number of esters is 1. The third kappa shape index (κ3) is 4.44. The van der Waals surface area contributed by atoms with Crippen LogP contribution < -0.4 is 4.90 Å². The van der Waals surface area contributed by atoms with Crippen LogP contribution in [-0.2, 0) is 9.53 Å². The second kappa shape index (κ2) is 8.74. The van der Waals surface area contributed by atoms with E-state index in [9.17, 15) is 14.7 Å². The number of piperidine rings is 1. The number of benzene rings is 1. The van der Waals surface area contributed by atoms with Gasteiger partial charge in [-0.15, -0.1) is 0 Å². The van der Waals surface area contributed by atoms with Crippen LogP contribution in [0.2, 0.25) is 0 Å². The van der Waals surface area contributed by atoms with Crippen LogP contribution in [0.1, 0.15) is 44.0 Å². The molecule has 0 saturated carbocycles. The zero-order valence-corrected chi connectivity index (χ0v) is 15.3. The maximum Gasteiger partial charge on any atom is 0.310 e. The summed E-state index contributed by atoms with van der Waals surface area (Å²) in [5, 5.41) is 10.3. The summed E-state index contributed by atoms with van der Waals surface area (Å²) >= 11 is 0. The number of hydrogen-bond donors (Lipinski definition) is 1. The molecule has 1 atom stereocenters. The Morgan fingerprint density at radius 2 is 2.00 bits per heavy atom. The van der Waals surface area contributed by atoms with Gasteiger partial charge >= 0.3 is 5.97 Å². The number of aromatic hydroxyl groups is 1. The minimum absolute atomic E-state index is 0.0207. The van der Waals surface area contributed by atoms with E-state index in [2.05, 4.69) is 4.90 Å². The number of nitrogens with zero attached hydrogens (tertiary/aromatic N) is 2. The van der Waals surface area contributed by atoms with Crippen LogP contribution in [0.5, 0.6) is 5.75 Å². The first kappa shape index (κ1) is 19.1. The standard InChI is InChI=1S/C19H28N2O4/c1-4-20(5-2)15-9-10-16(17(22)12-15)18(23)21-11-7-8-14(13-21)19(24)25-6-3/h9-10,12,14,22H,4-8,11,13H2,1-3H3/t14-/m1/s1. The van der Waals surface area contributed by atoms with Crippen molar-refractivity contribution < 1.29 is 19.4 Å². The summed E-state index contributed by atoms with van der Waals surface area (Å²) in [7, 11) is 0. The minimum atomic E-state index is -0.283. The Balaban J connectivity index is 2.13. The monoisotopic (exact) mass is 348 g/mol. The largest absolute Gasteiger partial charge is 0.507 e. The van der Waals surface area contributed by atoms with E-state index in [-0.39, 0.29) is 29.1 Å². The van der Waals surface area contributed by atoms with E-state index in [1.54, 1.807) is 24.0 Å². The molecule has 1 aliphatic heterocycles. The SMILES string of the molecule is CCOC(=O)[C@@H]1CCCN(C(=O)c2ccc(N(CC)CC)cc2O)C1. The van der Waals surface area contributed by atoms with Gasteiger partial charge in [-0.1, -0.05) is 0 Å². The number of anilines is 1. The van der Waals surface area contributed by atoms with Gasteiger partial charge in [0.1, 0.15) is 5.75 Å². The van der Waals surface area contributed by atoms with E-state index in [0.29, 0.717) is 19.7 Å². The zero-order valence-electron chi connectivity index (χ0n) is 15.3. The lowest BCUT2D eigenvalue weighted by atomic mass is 9.97. The van der Waals surface area contributed by atoms with Crippen LogP contribution in [0.4, 0.5) is 5.69 Å². The molecule has 0 aromatic heterocycles. The van der Waals surface area contributed by atoms with Crippen molar-refractivity contribution >= 4 is 17.6 Å². The number of likely N-dealkylation sites (tertiary alicyclic amines) is 1. The molecule has 25 heavy (non-hydrogen) atoms. The van der Waals surface area contributed by atoms with Gasteiger partial charge in [0.25, 0.3) is 5.91 Å². The quantitative estimate of drug-likeness (QED) is 0.801. The topological polar surface area (TPSA) is 70.1 Å². The van der Waals surface area contributed by atoms with Crippen LogP contribution in [0.25, 0.3) is 0 Å². The van der Waals surface area contributed by atoms with Crippen molar-refractivity contribution in [2.24, 2.45) is 5.92 Å². The van der Waals surface area contributed by atoms with Gasteiger partial charge in [-0.05, 0) is 45.7 Å². The Bertz CT molecular complexity index is 613. The van der Waals surface area contributed by atoms with Crippen molar-refractivity contribution in [3.8, 4) is 5.75 Å². The number of carbonyl (C=O) groups is 2. The highest BCUT2D eigenvalue weighted by atomic mass is 16.5. The minimum Gasteiger partial charge on any atom is -0.507 e. The molecule has 1 aliphatic rings. The van der Waals surface area contributed by atoms with Gasteiger partial charge in [0.05, 0.1) is 18.1 Å². The van der Waals surface area contributed by atoms with Gasteiger partial charge in [-0.25, -0.2) is 0 Å². The molecule has 1 N–H and O–H groups in total. The van der Waals surface area contributed by atoms with Crippen LogP contribution in [0, 0.1) is 5.92 Å². The fraction of sp³-hybridized carbons (Fsp3) is 0.579. The van der Waals surface area contributed by atoms with Crippen molar-refractivity contribution in [1.29, 1.82) is 0 Å². The molecule has 6 nitrogen and oxygen atoms in total. The fourth-order valence-electron chi connectivity index (χ4n) is 3.27. The highest BCUT2D eigenvalue weighted by Crippen LogP contribution is 2.27. The summed E-state index contributed by atoms with van der Waals surface area (Å²) in [5.41, 5.74) is 1.17. The smallest absolute Gasteiger partial charge is 0.310 e. The summed E-state index contributed by atoms with van der Waals surface area (Å²) in [6.45, 7) is 8.80. The van der Waals surface area contributed by atoms with Crippen molar-refractivity contribution in [2.75, 3.05) is 37.7 Å². The number of carbonyl (C=O) groups excluding carboxylic acids is 2. The molecule has 0 bridgehead atoms. The molecule has 0 unspecified atom stereocenters. The molecular weight excluding hydrogens is 320 g/mol. The van der Waals surface area contributed by atoms with Crippen molar-refractivity contribution in [3.63, 3.8) is 0 Å². The molecule has 1 fully saturated rings. The van der Waals surface area contributed by atoms with E-state index >= 15 is 0 Å². The Hall–Kier alpha value is -2.24. The van der Waals surface area contributed by atoms with E-state index < -0.39 is 0 Å². The predicted octanol–water partition coefficient (Wildman–Crippen LogP) is 2.65. The molecule has 1 saturated heterocycles. The molecule has 2 rings (SSSR count). The summed E-state index contributed by atoms with van der Waals surface area (Å²) in [6, 6.07) is 5.15. The normalized spacial score (nSPS) is 17.2. The van der Waals surface area contributed by atoms with Gasteiger partial charge in [0.15, 0.2) is 0 Å². The predicted molar refractivity (Wildman–Crippen MR) is 96.9 cm³/mol. The second-order valence-electron chi connectivity index (χ2n) is 6.22. The summed E-state index contributed by atoms with van der Waals surface area (Å²) < 4.78 is 5.07. The van der Waals surface area contributed by atoms with E-state index in [1.165, 1.54) is 0 Å². The molecule has 0 radical (unpaired) electrons. The Kier molecular flexibility index (Phi) is 6.67. The van der Waals surface area contributed by atoms with Crippen molar-refractivity contribution in [3.05, 3.63) is 23.8 Å². The van der Waals surface area contributed by atoms with Gasteiger partial charge < -0.3 is 19.6 Å². The summed E-state index contributed by atoms with van der Waals surface area (Å²) in [4.78, 5) is 28.4. The number of amides is 1. The maximum absolute atomic E-state index is 12.8. The molecule has 1 heterocycles. The Labute approximate surface area is 149 Å². The van der Waals surface area contributed by atoms with Crippen LogP contribution >= 0.6 is 0 Å². The summed E-state index contributed by atoms with van der Waals surface area (Å²) in [5.74, 6) is -0.791. The Morgan fingerprint density at radius 1 is 1.28 bits per heavy atom. The molecule has 6 heteroatoms. The average Bonchev–Trinajstić information content (AvgIpc) is 2.62. The van der Waals surface area contributed by atoms with Gasteiger partial charge in [0, 0.05) is 37.9 Å². The number of phenolic OH excluding ortho intramolecular Hbond substituents is 1. The van der Waals surface area contributed by atoms with Crippen molar-refractivity contribution in [1.82, 2.24) is 4.90 Å². The average molecular weight is 348 g/mol. The van der Waals surface area contributed by atoms with Crippen LogP contribution in [-0.4, -0.2) is 54.7 Å². The fourth-order valence-corrected chi connectivity index (χ4v) is 3.27. The van der Waals surface area contributed by atoms with Gasteiger partial charge in [-0.3, -0.25) is 9.59 Å². The van der Waals surface area contributed by atoms with E-state index in [4.69, 9.17) is 4.74 Å². The second-order valence-corrected chi connectivity index (χ2v) is 6.22. The first-order valence-corrected chi connectivity index (χ1v) is 9.05. The molecule has 1 aromatic carbocycles. The van der Waals surface area contributed by atoms with Crippen LogP contribution in [0.15, 0.2) is 18.2 Å². The number of phenols is 1. The number of rotatable bonds is 6. The lowest BCUT2D eigenvalue weighted by Crippen LogP contribution is -2.42. The van der Waals surface area contributed by atoms with Crippen LogP contribution in [0.3, 0.4) is 0 Å². The lowest BCUT2D eigenvalue weighted by Gasteiger charge is -2.32. The summed E-state index contributed by atoms with van der Waals surface area (Å²) in [6.07, 6.45) is 1.49. The van der Waals surface area contributed by atoms with E-state index in [1.807, 2.05) is 19.9 Å². The molecule has 1 amide bonds. The number of ether oxygens (including phenoxy) is 1. The first-order chi connectivity index (χ1) is 12.0. The first-order valence-electron chi connectivity index (χ1n) is 9.05. The lowest BCUT2D eigenvalue weighted by molar-refractivity contribution is -0.149. The third-order valence-electron chi connectivity index (χ3n) is 4.67. The van der Waals surface area contributed by atoms with Crippen molar-refractivity contribution in [2.45, 2.75) is 33.6 Å². The Morgan fingerprint density at radius 3 is 2.60 bits per heavy atom. The zero-order chi connectivity index (χ0) is 18.4. The maximum atomic E-state index is 12.8. The van der Waals surface area contributed by atoms with Gasteiger partial charge in [-0.2, -0.15) is 0 Å². The van der Waals surface area contributed by atoms with Gasteiger partial charge in [0.2, 0.25) is 0 Å². The molecule has 1 aromatic rings. The molecule has 0 spiro atoms. The highest BCUT2D eigenvalue weighted by Gasteiger charge is 2.30. The molecular formula is C19H28N2O4. The van der Waals surface area contributed by atoms with E-state index in [0.717, 1.165) is 31.6 Å². The molecule has 0 aliphatic carbocycles. The molecule has 138 valence electrons. The number of hydrogen-bond acceptors (Lipinski definition) is 5.